The van der Waals surface area contributed by atoms with Crippen molar-refractivity contribution in [2.75, 3.05) is 13.7 Å². The number of benzene rings is 1. The molecule has 0 saturated heterocycles. The maximum atomic E-state index is 13.2. The van der Waals surface area contributed by atoms with E-state index in [1.54, 1.807) is 4.90 Å². The highest BCUT2D eigenvalue weighted by Crippen LogP contribution is 2.50. The summed E-state index contributed by atoms with van der Waals surface area (Å²) < 4.78 is 11.7. The molecule has 0 bridgehead atoms. The number of aryl methyl sites for hydroxylation is 1. The van der Waals surface area contributed by atoms with E-state index in [0.29, 0.717) is 19.6 Å². The molecule has 1 aliphatic rings. The number of hydrogen-bond donors (Lipinski definition) is 1. The summed E-state index contributed by atoms with van der Waals surface area (Å²) in [6.45, 7) is 9.20. The largest absolute Gasteiger partial charge is 0.461 e. The van der Waals surface area contributed by atoms with Crippen LogP contribution in [0.15, 0.2) is 28.7 Å². The topological polar surface area (TPSA) is 68.7 Å². The molecule has 1 aromatic carbocycles. The van der Waals surface area contributed by atoms with E-state index in [9.17, 15) is 4.79 Å². The van der Waals surface area contributed by atoms with E-state index in [0.717, 1.165) is 28.7 Å². The van der Waals surface area contributed by atoms with E-state index in [1.165, 1.54) is 0 Å². The molecule has 0 radical (unpaired) electrons. The summed E-state index contributed by atoms with van der Waals surface area (Å²) >= 11 is 0. The van der Waals surface area contributed by atoms with Crippen molar-refractivity contribution in [1.82, 2.24) is 4.90 Å². The number of carbonyl (C=O) groups excluding carboxylic acids is 1. The number of nitrogens with zero attached hydrogens (tertiary/aromatic N) is 1. The van der Waals surface area contributed by atoms with Crippen LogP contribution in [0.25, 0.3) is 11.0 Å². The van der Waals surface area contributed by atoms with Crippen molar-refractivity contribution in [2.24, 2.45) is 11.1 Å². The summed E-state index contributed by atoms with van der Waals surface area (Å²) in [4.78, 5) is 14.9. The fraction of sp³-hybridized carbons (Fsp3) is 0.571. The Morgan fingerprint density at radius 3 is 2.65 bits per heavy atom. The molecule has 142 valence electrons. The number of para-hydroxylation sites is 1. The van der Waals surface area contributed by atoms with Crippen molar-refractivity contribution in [3.05, 3.63) is 35.6 Å². The number of carbonyl (C=O) groups is 1. The maximum absolute atomic E-state index is 13.2. The van der Waals surface area contributed by atoms with Gasteiger partial charge in [0, 0.05) is 49.4 Å². The number of likely N-dealkylation sites (N-methyl/N-ethyl adjacent to an activating group) is 1. The van der Waals surface area contributed by atoms with Gasteiger partial charge in [-0.25, -0.2) is 0 Å². The Balaban J connectivity index is 1.83. The van der Waals surface area contributed by atoms with Crippen LogP contribution in [0.2, 0.25) is 0 Å². The van der Waals surface area contributed by atoms with E-state index in [2.05, 4.69) is 6.92 Å². The lowest BCUT2D eigenvalue weighted by molar-refractivity contribution is -0.178. The zero-order chi connectivity index (χ0) is 19.1. The van der Waals surface area contributed by atoms with Crippen molar-refractivity contribution in [3.8, 4) is 0 Å². The molecule has 2 unspecified atom stereocenters. The van der Waals surface area contributed by atoms with Gasteiger partial charge in [0.15, 0.2) is 0 Å². The molecular weight excluding hydrogens is 328 g/mol. The SMILES string of the molecule is CCOC1CC(N)(C(=O)N(C)Cc2c(CC)oc3ccccc23)C1(C)C. The van der Waals surface area contributed by atoms with Crippen LogP contribution in [-0.2, 0) is 22.5 Å². The summed E-state index contributed by atoms with van der Waals surface area (Å²) in [5.41, 5.74) is 7.21. The van der Waals surface area contributed by atoms with Gasteiger partial charge in [-0.15, -0.1) is 0 Å². The zero-order valence-electron chi connectivity index (χ0n) is 16.5. The lowest BCUT2D eigenvalue weighted by Crippen LogP contribution is -2.75. The second-order valence-electron chi connectivity index (χ2n) is 7.86. The van der Waals surface area contributed by atoms with Crippen LogP contribution in [0.3, 0.4) is 0 Å². The number of fused-ring (bicyclic) bond motifs is 1. The van der Waals surface area contributed by atoms with Crippen LogP contribution >= 0.6 is 0 Å². The highest BCUT2D eigenvalue weighted by molar-refractivity contribution is 5.89. The van der Waals surface area contributed by atoms with E-state index >= 15 is 0 Å². The van der Waals surface area contributed by atoms with Crippen LogP contribution in [0.4, 0.5) is 0 Å². The third-order valence-corrected chi connectivity index (χ3v) is 6.06. The Kier molecular flexibility index (Phi) is 4.88. The Hall–Kier alpha value is -1.85. The molecule has 3 rings (SSSR count). The van der Waals surface area contributed by atoms with E-state index in [-0.39, 0.29) is 17.4 Å². The Bertz CT molecular complexity index is 811. The molecule has 5 heteroatoms. The zero-order valence-corrected chi connectivity index (χ0v) is 16.5. The lowest BCUT2D eigenvalue weighted by Gasteiger charge is -2.58. The fourth-order valence-electron chi connectivity index (χ4n) is 4.06. The van der Waals surface area contributed by atoms with E-state index < -0.39 is 5.54 Å². The molecule has 5 nitrogen and oxygen atoms in total. The molecule has 1 heterocycles. The Morgan fingerprint density at radius 1 is 1.35 bits per heavy atom. The van der Waals surface area contributed by atoms with Crippen molar-refractivity contribution in [3.63, 3.8) is 0 Å². The molecule has 0 aliphatic heterocycles. The predicted octanol–water partition coefficient (Wildman–Crippen LogP) is 3.49. The molecule has 1 aromatic heterocycles. The van der Waals surface area contributed by atoms with Crippen LogP contribution in [0.5, 0.6) is 0 Å². The molecule has 1 fully saturated rings. The lowest BCUT2D eigenvalue weighted by atomic mass is 9.54. The second kappa shape index (κ2) is 6.71. The summed E-state index contributed by atoms with van der Waals surface area (Å²) in [6.07, 6.45) is 1.37. The average Bonchev–Trinajstić information content (AvgIpc) is 2.98. The number of rotatable bonds is 6. The smallest absolute Gasteiger partial charge is 0.243 e. The summed E-state index contributed by atoms with van der Waals surface area (Å²) in [6, 6.07) is 7.96. The van der Waals surface area contributed by atoms with Gasteiger partial charge in [-0.3, -0.25) is 4.79 Å². The number of amides is 1. The van der Waals surface area contributed by atoms with Crippen molar-refractivity contribution in [1.29, 1.82) is 0 Å². The highest BCUT2D eigenvalue weighted by atomic mass is 16.5. The van der Waals surface area contributed by atoms with Crippen LogP contribution < -0.4 is 5.73 Å². The molecule has 2 atom stereocenters. The van der Waals surface area contributed by atoms with E-state index in [4.69, 9.17) is 14.9 Å². The molecule has 2 N–H and O–H groups in total. The van der Waals surface area contributed by atoms with Crippen molar-refractivity contribution >= 4 is 16.9 Å². The average molecular weight is 358 g/mol. The van der Waals surface area contributed by atoms with Crippen LogP contribution in [0.1, 0.15) is 45.4 Å². The number of nitrogens with two attached hydrogens (primary N) is 1. The Morgan fingerprint density at radius 2 is 2.04 bits per heavy atom. The predicted molar refractivity (Wildman–Crippen MR) is 103 cm³/mol. The van der Waals surface area contributed by atoms with Crippen molar-refractivity contribution < 1.29 is 13.9 Å². The van der Waals surface area contributed by atoms with Gasteiger partial charge < -0.3 is 19.8 Å². The first kappa shape index (κ1) is 18.9. The summed E-state index contributed by atoms with van der Waals surface area (Å²) in [5, 5.41) is 1.06. The van der Waals surface area contributed by atoms with Gasteiger partial charge in [-0.05, 0) is 13.0 Å². The first-order valence-corrected chi connectivity index (χ1v) is 9.41. The van der Waals surface area contributed by atoms with Crippen molar-refractivity contribution in [2.45, 2.75) is 58.7 Å². The number of ether oxygens (including phenoxy) is 1. The highest BCUT2D eigenvalue weighted by Gasteiger charge is 2.63. The normalized spacial score (nSPS) is 24.5. The quantitative estimate of drug-likeness (QED) is 0.858. The molecule has 1 aliphatic carbocycles. The minimum absolute atomic E-state index is 0.0239. The van der Waals surface area contributed by atoms with Gasteiger partial charge in [-0.2, -0.15) is 0 Å². The standard InChI is InChI=1S/C21H30N2O3/c1-6-16-15(14-10-8-9-11-17(14)26-16)13-23(5)19(24)21(22)12-18(25-7-2)20(21,3)4/h8-11,18H,6-7,12-13,22H2,1-5H3. The molecule has 2 aromatic rings. The molecule has 1 amide bonds. The molecule has 1 saturated carbocycles. The number of hydrogen-bond acceptors (Lipinski definition) is 4. The van der Waals surface area contributed by atoms with Gasteiger partial charge in [-0.1, -0.05) is 39.0 Å². The molecule has 0 spiro atoms. The minimum Gasteiger partial charge on any atom is -0.461 e. The number of furan rings is 1. The molecule has 26 heavy (non-hydrogen) atoms. The monoisotopic (exact) mass is 358 g/mol. The maximum Gasteiger partial charge on any atom is 0.243 e. The fourth-order valence-corrected chi connectivity index (χ4v) is 4.06. The first-order chi connectivity index (χ1) is 12.3. The minimum atomic E-state index is -0.895. The van der Waals surface area contributed by atoms with Crippen LogP contribution in [-0.4, -0.2) is 36.1 Å². The second-order valence-corrected chi connectivity index (χ2v) is 7.86. The van der Waals surface area contributed by atoms with Gasteiger partial charge in [0.2, 0.25) is 5.91 Å². The van der Waals surface area contributed by atoms with Gasteiger partial charge >= 0.3 is 0 Å². The van der Waals surface area contributed by atoms with Gasteiger partial charge in [0.25, 0.3) is 0 Å². The van der Waals surface area contributed by atoms with E-state index in [1.807, 2.05) is 52.1 Å². The molecular formula is C21H30N2O3. The summed E-state index contributed by atoms with van der Waals surface area (Å²) in [5.74, 6) is 0.891. The Labute approximate surface area is 155 Å². The third kappa shape index (κ3) is 2.74. The third-order valence-electron chi connectivity index (χ3n) is 6.06. The van der Waals surface area contributed by atoms with Gasteiger partial charge in [0.1, 0.15) is 16.9 Å². The summed E-state index contributed by atoms with van der Waals surface area (Å²) in [7, 11) is 1.82. The first-order valence-electron chi connectivity index (χ1n) is 9.41. The van der Waals surface area contributed by atoms with Gasteiger partial charge in [0.05, 0.1) is 6.10 Å². The van der Waals surface area contributed by atoms with Crippen LogP contribution in [0, 0.1) is 5.41 Å².